The van der Waals surface area contributed by atoms with Crippen LogP contribution < -0.4 is 4.74 Å². The summed E-state index contributed by atoms with van der Waals surface area (Å²) in [6, 6.07) is 1.34. The zero-order valence-electron chi connectivity index (χ0n) is 7.66. The summed E-state index contributed by atoms with van der Waals surface area (Å²) in [6.07, 6.45) is 2.18. The van der Waals surface area contributed by atoms with Gasteiger partial charge in [-0.1, -0.05) is 18.5 Å². The van der Waals surface area contributed by atoms with Crippen molar-refractivity contribution in [2.24, 2.45) is 0 Å². The van der Waals surface area contributed by atoms with E-state index >= 15 is 0 Å². The number of rotatable bonds is 4. The van der Waals surface area contributed by atoms with Gasteiger partial charge in [-0.05, 0) is 12.5 Å². The normalized spacial score (nSPS) is 9.86. The van der Waals surface area contributed by atoms with Gasteiger partial charge in [-0.15, -0.1) is 0 Å². The van der Waals surface area contributed by atoms with Gasteiger partial charge in [0.1, 0.15) is 5.02 Å². The third-order valence-corrected chi connectivity index (χ3v) is 1.90. The molecule has 1 aromatic heterocycles. The third kappa shape index (κ3) is 2.35. The zero-order chi connectivity index (χ0) is 10.6. The number of carboxylic acid groups (broad SMARTS) is 1. The van der Waals surface area contributed by atoms with E-state index in [1.165, 1.54) is 12.3 Å². The van der Waals surface area contributed by atoms with Crippen molar-refractivity contribution in [1.29, 1.82) is 0 Å². The van der Waals surface area contributed by atoms with Crippen molar-refractivity contribution in [3.63, 3.8) is 0 Å². The summed E-state index contributed by atoms with van der Waals surface area (Å²) >= 11 is 5.77. The standard InChI is InChI=1S/C9H10ClNO3/c1-2-5-14-8-7(10)6(9(12)13)3-4-11-8/h3-4H,2,5H2,1H3,(H,12,13). The number of hydrogen-bond donors (Lipinski definition) is 1. The number of aromatic nitrogens is 1. The van der Waals surface area contributed by atoms with Crippen LogP contribution in [0.5, 0.6) is 5.88 Å². The minimum absolute atomic E-state index is 0.00719. The molecule has 14 heavy (non-hydrogen) atoms. The smallest absolute Gasteiger partial charge is 0.337 e. The topological polar surface area (TPSA) is 59.4 Å². The van der Waals surface area contributed by atoms with Crippen molar-refractivity contribution < 1.29 is 14.6 Å². The second kappa shape index (κ2) is 4.81. The van der Waals surface area contributed by atoms with E-state index in [4.69, 9.17) is 21.4 Å². The number of carboxylic acids is 1. The quantitative estimate of drug-likeness (QED) is 0.837. The Kier molecular flexibility index (Phi) is 3.71. The van der Waals surface area contributed by atoms with Crippen LogP contribution in [0.15, 0.2) is 12.3 Å². The van der Waals surface area contributed by atoms with Crippen LogP contribution in [0.3, 0.4) is 0 Å². The molecule has 0 fully saturated rings. The fourth-order valence-electron chi connectivity index (χ4n) is 0.889. The van der Waals surface area contributed by atoms with Crippen molar-refractivity contribution in [3.05, 3.63) is 22.8 Å². The predicted molar refractivity (Wildman–Crippen MR) is 52.0 cm³/mol. The Balaban J connectivity index is 2.95. The minimum atomic E-state index is -1.08. The zero-order valence-corrected chi connectivity index (χ0v) is 8.41. The summed E-state index contributed by atoms with van der Waals surface area (Å²) in [4.78, 5) is 14.5. The molecule has 0 amide bonds. The van der Waals surface area contributed by atoms with E-state index in [2.05, 4.69) is 4.98 Å². The fourth-order valence-corrected chi connectivity index (χ4v) is 1.14. The van der Waals surface area contributed by atoms with E-state index in [0.717, 1.165) is 6.42 Å². The van der Waals surface area contributed by atoms with Crippen LogP contribution in [0, 0.1) is 0 Å². The molecular formula is C9H10ClNO3. The first-order valence-electron chi connectivity index (χ1n) is 4.17. The van der Waals surface area contributed by atoms with Crippen LogP contribution in [0.25, 0.3) is 0 Å². The summed E-state index contributed by atoms with van der Waals surface area (Å²) in [7, 11) is 0. The molecule has 0 saturated heterocycles. The fraction of sp³-hybridized carbons (Fsp3) is 0.333. The van der Waals surface area contributed by atoms with Crippen molar-refractivity contribution in [1.82, 2.24) is 4.98 Å². The molecule has 1 aromatic rings. The first-order valence-corrected chi connectivity index (χ1v) is 4.55. The second-order valence-electron chi connectivity index (χ2n) is 2.63. The monoisotopic (exact) mass is 215 g/mol. The summed E-state index contributed by atoms with van der Waals surface area (Å²) in [6.45, 7) is 2.41. The Bertz CT molecular complexity index is 341. The van der Waals surface area contributed by atoms with E-state index in [1.54, 1.807) is 0 Å². The summed E-state index contributed by atoms with van der Waals surface area (Å²) in [5.74, 6) is -0.910. The molecular weight excluding hydrogens is 206 g/mol. The lowest BCUT2D eigenvalue weighted by atomic mass is 10.3. The SMILES string of the molecule is CCCOc1nccc(C(=O)O)c1Cl. The summed E-state index contributed by atoms with van der Waals surface area (Å²) in [5.41, 5.74) is 0.00719. The van der Waals surface area contributed by atoms with Crippen LogP contribution in [0.4, 0.5) is 0 Å². The lowest BCUT2D eigenvalue weighted by Gasteiger charge is -2.06. The summed E-state index contributed by atoms with van der Waals surface area (Å²) in [5, 5.41) is 8.80. The largest absolute Gasteiger partial charge is 0.478 e. The molecule has 0 aliphatic heterocycles. The van der Waals surface area contributed by atoms with Gasteiger partial charge in [0.15, 0.2) is 0 Å². The first-order chi connectivity index (χ1) is 6.66. The number of carbonyl (C=O) groups is 1. The Hall–Kier alpha value is -1.29. The molecule has 0 unspecified atom stereocenters. The van der Waals surface area contributed by atoms with E-state index < -0.39 is 5.97 Å². The maximum Gasteiger partial charge on any atom is 0.337 e. The van der Waals surface area contributed by atoms with Crippen molar-refractivity contribution in [2.45, 2.75) is 13.3 Å². The maximum absolute atomic E-state index is 10.7. The van der Waals surface area contributed by atoms with Crippen LogP contribution in [0.1, 0.15) is 23.7 Å². The average Bonchev–Trinajstić information content (AvgIpc) is 2.16. The second-order valence-corrected chi connectivity index (χ2v) is 3.01. The molecule has 0 saturated carbocycles. The summed E-state index contributed by atoms with van der Waals surface area (Å²) < 4.78 is 5.17. The highest BCUT2D eigenvalue weighted by molar-refractivity contribution is 6.34. The number of halogens is 1. The molecule has 0 bridgehead atoms. The number of ether oxygens (including phenoxy) is 1. The van der Waals surface area contributed by atoms with Crippen LogP contribution >= 0.6 is 11.6 Å². The maximum atomic E-state index is 10.7. The molecule has 0 atom stereocenters. The lowest BCUT2D eigenvalue weighted by Crippen LogP contribution is -2.03. The Morgan fingerprint density at radius 2 is 2.43 bits per heavy atom. The van der Waals surface area contributed by atoms with Crippen LogP contribution in [0.2, 0.25) is 5.02 Å². The first kappa shape index (κ1) is 10.8. The van der Waals surface area contributed by atoms with Gasteiger partial charge in [0.2, 0.25) is 5.88 Å². The average molecular weight is 216 g/mol. The Morgan fingerprint density at radius 3 is 3.00 bits per heavy atom. The highest BCUT2D eigenvalue weighted by Gasteiger charge is 2.13. The molecule has 1 heterocycles. The van der Waals surface area contributed by atoms with E-state index in [-0.39, 0.29) is 16.5 Å². The molecule has 1 N–H and O–H groups in total. The van der Waals surface area contributed by atoms with Crippen molar-refractivity contribution >= 4 is 17.6 Å². The number of aromatic carboxylic acids is 1. The molecule has 1 rings (SSSR count). The van der Waals surface area contributed by atoms with Crippen LogP contribution in [-0.4, -0.2) is 22.7 Å². The number of pyridine rings is 1. The Morgan fingerprint density at radius 1 is 1.71 bits per heavy atom. The van der Waals surface area contributed by atoms with Gasteiger partial charge in [-0.25, -0.2) is 9.78 Å². The van der Waals surface area contributed by atoms with E-state index in [9.17, 15) is 4.79 Å². The number of nitrogens with zero attached hydrogens (tertiary/aromatic N) is 1. The number of hydrogen-bond acceptors (Lipinski definition) is 3. The van der Waals surface area contributed by atoms with Crippen molar-refractivity contribution in [2.75, 3.05) is 6.61 Å². The van der Waals surface area contributed by atoms with Gasteiger partial charge in [0.05, 0.1) is 12.2 Å². The van der Waals surface area contributed by atoms with Gasteiger partial charge in [-0.2, -0.15) is 0 Å². The minimum Gasteiger partial charge on any atom is -0.478 e. The lowest BCUT2D eigenvalue weighted by molar-refractivity contribution is 0.0696. The Labute approximate surface area is 86.5 Å². The van der Waals surface area contributed by atoms with Gasteiger partial charge in [0.25, 0.3) is 0 Å². The predicted octanol–water partition coefficient (Wildman–Crippen LogP) is 2.22. The van der Waals surface area contributed by atoms with Crippen molar-refractivity contribution in [3.8, 4) is 5.88 Å². The molecule has 0 radical (unpaired) electrons. The molecule has 0 spiro atoms. The molecule has 0 aliphatic carbocycles. The molecule has 0 aromatic carbocycles. The molecule has 4 nitrogen and oxygen atoms in total. The highest BCUT2D eigenvalue weighted by Crippen LogP contribution is 2.25. The molecule has 5 heteroatoms. The van der Waals surface area contributed by atoms with E-state index in [1.807, 2.05) is 6.92 Å². The van der Waals surface area contributed by atoms with E-state index in [0.29, 0.717) is 6.61 Å². The van der Waals surface area contributed by atoms with Gasteiger partial charge < -0.3 is 9.84 Å². The van der Waals surface area contributed by atoms with Gasteiger partial charge in [0, 0.05) is 6.20 Å². The van der Waals surface area contributed by atoms with Crippen LogP contribution in [-0.2, 0) is 0 Å². The third-order valence-electron chi connectivity index (χ3n) is 1.53. The highest BCUT2D eigenvalue weighted by atomic mass is 35.5. The van der Waals surface area contributed by atoms with Gasteiger partial charge in [-0.3, -0.25) is 0 Å². The molecule has 0 aliphatic rings. The molecule has 76 valence electrons. The van der Waals surface area contributed by atoms with Gasteiger partial charge >= 0.3 is 5.97 Å².